The summed E-state index contributed by atoms with van der Waals surface area (Å²) in [4.78, 5) is 20.4. The molecule has 1 saturated carbocycles. The lowest BCUT2D eigenvalue weighted by Crippen LogP contribution is -2.28. The molecule has 0 aliphatic heterocycles. The second kappa shape index (κ2) is 10.7. The van der Waals surface area contributed by atoms with Crippen molar-refractivity contribution in [2.75, 3.05) is 11.9 Å². The molecular weight excluding hydrogens is 468 g/mol. The Labute approximate surface area is 205 Å². The van der Waals surface area contributed by atoms with Gasteiger partial charge in [0.1, 0.15) is 5.69 Å². The number of aromatic nitrogens is 4. The van der Waals surface area contributed by atoms with Gasteiger partial charge in [0.15, 0.2) is 5.65 Å². The average molecular weight is 501 g/mol. The van der Waals surface area contributed by atoms with E-state index < -0.39 is 15.9 Å². The van der Waals surface area contributed by atoms with Crippen molar-refractivity contribution in [3.63, 3.8) is 0 Å². The maximum Gasteiger partial charge on any atom is 0.264 e. The molecule has 2 heterocycles. The van der Waals surface area contributed by atoms with Crippen LogP contribution in [-0.4, -0.2) is 51.8 Å². The van der Waals surface area contributed by atoms with E-state index in [2.05, 4.69) is 17.2 Å². The maximum atomic E-state index is 12.3. The van der Waals surface area contributed by atoms with Gasteiger partial charge in [0, 0.05) is 31.8 Å². The van der Waals surface area contributed by atoms with Gasteiger partial charge in [0.25, 0.3) is 10.0 Å². The summed E-state index contributed by atoms with van der Waals surface area (Å²) in [5.74, 6) is 0.301. The van der Waals surface area contributed by atoms with E-state index in [9.17, 15) is 18.3 Å². The molecule has 0 saturated heterocycles. The first-order valence-corrected chi connectivity index (χ1v) is 13.5. The highest BCUT2D eigenvalue weighted by molar-refractivity contribution is 7.90. The lowest BCUT2D eigenvalue weighted by atomic mass is 9.87. The third kappa shape index (κ3) is 5.96. The van der Waals surface area contributed by atoms with Crippen LogP contribution in [0.2, 0.25) is 0 Å². The first kappa shape index (κ1) is 25.1. The number of amides is 1. The first-order chi connectivity index (χ1) is 16.8. The van der Waals surface area contributed by atoms with Crippen molar-refractivity contribution in [3.05, 3.63) is 30.5 Å². The molecule has 1 aliphatic rings. The van der Waals surface area contributed by atoms with E-state index in [0.717, 1.165) is 68.6 Å². The van der Waals surface area contributed by atoms with Crippen molar-refractivity contribution in [2.24, 2.45) is 5.92 Å². The summed E-state index contributed by atoms with van der Waals surface area (Å²) in [6, 6.07) is 6.25. The van der Waals surface area contributed by atoms with Crippen LogP contribution < -0.4 is 10.0 Å². The molecule has 0 bridgehead atoms. The number of hydrogen-bond acceptors (Lipinski definition) is 8. The topological polar surface area (TPSA) is 139 Å². The zero-order valence-electron chi connectivity index (χ0n) is 20.1. The summed E-state index contributed by atoms with van der Waals surface area (Å²) in [6.07, 6.45) is 7.06. The highest BCUT2D eigenvalue weighted by Crippen LogP contribution is 2.31. The molecule has 3 N–H and O–H groups in total. The fourth-order valence-corrected chi connectivity index (χ4v) is 5.36. The average Bonchev–Trinajstić information content (AvgIpc) is 3.18. The molecule has 11 heteroatoms. The fourth-order valence-electron chi connectivity index (χ4n) is 4.37. The fraction of sp³-hybridized carbons (Fsp3) is 0.500. The Kier molecular flexibility index (Phi) is 7.66. The molecule has 188 valence electrons. The van der Waals surface area contributed by atoms with E-state index in [1.807, 2.05) is 9.40 Å². The van der Waals surface area contributed by atoms with Crippen LogP contribution in [0.4, 0.5) is 5.95 Å². The van der Waals surface area contributed by atoms with E-state index in [1.165, 1.54) is 12.1 Å². The Bertz CT molecular complexity index is 1280. The minimum atomic E-state index is -3.91. The van der Waals surface area contributed by atoms with Gasteiger partial charge in [-0.25, -0.2) is 22.8 Å². The van der Waals surface area contributed by atoms with E-state index >= 15 is 0 Å². The minimum Gasteiger partial charge on any atom is -0.393 e. The summed E-state index contributed by atoms with van der Waals surface area (Å²) >= 11 is 0. The van der Waals surface area contributed by atoms with Crippen LogP contribution >= 0.6 is 0 Å². The molecule has 10 nitrogen and oxygen atoms in total. The number of benzene rings is 1. The highest BCUT2D eigenvalue weighted by Gasteiger charge is 2.23. The van der Waals surface area contributed by atoms with Crippen molar-refractivity contribution in [1.82, 2.24) is 24.5 Å². The number of carbonyl (C=O) groups excluding carboxylic acids is 1. The molecule has 1 aromatic carbocycles. The Morgan fingerprint density at radius 2 is 1.89 bits per heavy atom. The second-order valence-corrected chi connectivity index (χ2v) is 10.8. The van der Waals surface area contributed by atoms with E-state index in [-0.39, 0.29) is 11.0 Å². The number of nitrogens with one attached hydrogen (secondary N) is 2. The number of rotatable bonds is 9. The van der Waals surface area contributed by atoms with Gasteiger partial charge < -0.3 is 10.4 Å². The Morgan fingerprint density at radius 1 is 1.17 bits per heavy atom. The summed E-state index contributed by atoms with van der Waals surface area (Å²) in [6.45, 7) is 4.75. The number of nitrogens with zero attached hydrogens (tertiary/aromatic N) is 4. The number of aliphatic hydroxyl groups excluding tert-OH is 1. The SMILES string of the molecule is CCCCNc1ncc2c(-c3ccc(S(=O)(=O)NC(C)=O)cc3)nn(CC3CCC(O)CC3)c2n1. The Hall–Kier alpha value is -3.05. The van der Waals surface area contributed by atoms with Crippen LogP contribution in [0.5, 0.6) is 0 Å². The molecule has 1 fully saturated rings. The van der Waals surface area contributed by atoms with Crippen molar-refractivity contribution in [3.8, 4) is 11.3 Å². The lowest BCUT2D eigenvalue weighted by Gasteiger charge is -2.25. The van der Waals surface area contributed by atoms with Gasteiger partial charge >= 0.3 is 0 Å². The third-order valence-corrected chi connectivity index (χ3v) is 7.71. The third-order valence-electron chi connectivity index (χ3n) is 6.27. The van der Waals surface area contributed by atoms with Crippen molar-refractivity contribution in [2.45, 2.75) is 69.9 Å². The van der Waals surface area contributed by atoms with Crippen LogP contribution in [0.25, 0.3) is 22.3 Å². The monoisotopic (exact) mass is 500 g/mol. The highest BCUT2D eigenvalue weighted by atomic mass is 32.2. The predicted molar refractivity (Wildman–Crippen MR) is 133 cm³/mol. The number of hydrogen-bond donors (Lipinski definition) is 3. The van der Waals surface area contributed by atoms with Gasteiger partial charge in [0.2, 0.25) is 11.9 Å². The predicted octanol–water partition coefficient (Wildman–Crippen LogP) is 3.08. The largest absolute Gasteiger partial charge is 0.393 e. The molecule has 0 spiro atoms. The molecule has 0 atom stereocenters. The molecule has 0 radical (unpaired) electrons. The number of unbranched alkanes of at least 4 members (excludes halogenated alkanes) is 1. The summed E-state index contributed by atoms with van der Waals surface area (Å²) in [5.41, 5.74) is 2.11. The summed E-state index contributed by atoms with van der Waals surface area (Å²) in [7, 11) is -3.91. The molecule has 4 rings (SSSR count). The van der Waals surface area contributed by atoms with E-state index in [4.69, 9.17) is 10.1 Å². The van der Waals surface area contributed by atoms with Gasteiger partial charge in [-0.3, -0.25) is 4.79 Å². The van der Waals surface area contributed by atoms with Gasteiger partial charge in [-0.1, -0.05) is 25.5 Å². The van der Waals surface area contributed by atoms with Crippen molar-refractivity contribution < 1.29 is 18.3 Å². The molecule has 0 unspecified atom stereocenters. The minimum absolute atomic E-state index is 0.000359. The van der Waals surface area contributed by atoms with Crippen molar-refractivity contribution in [1.29, 1.82) is 0 Å². The molecule has 1 aliphatic carbocycles. The Morgan fingerprint density at radius 3 is 2.54 bits per heavy atom. The van der Waals surface area contributed by atoms with Crippen LogP contribution in [0.1, 0.15) is 52.4 Å². The molecule has 1 amide bonds. The first-order valence-electron chi connectivity index (χ1n) is 12.1. The van der Waals surface area contributed by atoms with Gasteiger partial charge in [-0.2, -0.15) is 10.1 Å². The zero-order chi connectivity index (χ0) is 25.0. The summed E-state index contributed by atoms with van der Waals surface area (Å²) < 4.78 is 28.5. The smallest absolute Gasteiger partial charge is 0.264 e. The van der Waals surface area contributed by atoms with Gasteiger partial charge in [-0.05, 0) is 50.2 Å². The van der Waals surface area contributed by atoms with Gasteiger partial charge in [-0.15, -0.1) is 0 Å². The lowest BCUT2D eigenvalue weighted by molar-refractivity contribution is -0.117. The normalized spacial score (nSPS) is 18.5. The maximum absolute atomic E-state index is 12.3. The number of carbonyl (C=O) groups is 1. The summed E-state index contributed by atoms with van der Waals surface area (Å²) in [5, 5.41) is 18.8. The van der Waals surface area contributed by atoms with Crippen LogP contribution in [-0.2, 0) is 21.4 Å². The van der Waals surface area contributed by atoms with Crippen LogP contribution in [0.3, 0.4) is 0 Å². The number of sulfonamides is 1. The van der Waals surface area contributed by atoms with E-state index in [0.29, 0.717) is 24.1 Å². The standard InChI is InChI=1S/C24H32N6O4S/c1-3-4-13-25-24-26-14-21-22(18-7-11-20(12-8-18)35(33,34)29-16(2)31)28-30(23(21)27-24)15-17-5-9-19(32)10-6-17/h7-8,11-12,14,17,19,32H,3-6,9-10,13,15H2,1-2H3,(H,29,31)(H,25,26,27). The van der Waals surface area contributed by atoms with Crippen LogP contribution in [0.15, 0.2) is 35.4 Å². The van der Waals surface area contributed by atoms with E-state index in [1.54, 1.807) is 18.3 Å². The van der Waals surface area contributed by atoms with Crippen molar-refractivity contribution >= 4 is 32.9 Å². The molecule has 3 aromatic rings. The number of aliphatic hydroxyl groups is 1. The quantitative estimate of drug-likeness (QED) is 0.381. The Balaban J connectivity index is 1.68. The number of anilines is 1. The molecule has 2 aromatic heterocycles. The van der Waals surface area contributed by atoms with Gasteiger partial charge in [0.05, 0.1) is 16.4 Å². The molecular formula is C24H32N6O4S. The second-order valence-electron chi connectivity index (χ2n) is 9.10. The van der Waals surface area contributed by atoms with Crippen LogP contribution in [0, 0.1) is 5.92 Å². The molecule has 35 heavy (non-hydrogen) atoms. The number of fused-ring (bicyclic) bond motifs is 1. The zero-order valence-corrected chi connectivity index (χ0v) is 20.9.